The van der Waals surface area contributed by atoms with Crippen LogP contribution in [0.3, 0.4) is 0 Å². The second-order valence-electron chi connectivity index (χ2n) is 3.27. The van der Waals surface area contributed by atoms with Crippen LogP contribution in [0.2, 0.25) is 0 Å². The van der Waals surface area contributed by atoms with Crippen LogP contribution in [0.4, 0.5) is 5.69 Å². The van der Waals surface area contributed by atoms with E-state index < -0.39 is 12.2 Å². The third-order valence-corrected chi connectivity index (χ3v) is 2.06. The minimum atomic E-state index is -1.13. The van der Waals surface area contributed by atoms with Crippen molar-refractivity contribution in [3.8, 4) is 0 Å². The smallest absolute Gasteiger partial charge is 0.122 e. The lowest BCUT2D eigenvalue weighted by molar-refractivity contribution is 0.0125. The van der Waals surface area contributed by atoms with E-state index in [4.69, 9.17) is 11.3 Å². The number of azide groups is 1. The summed E-state index contributed by atoms with van der Waals surface area (Å²) in [5, 5.41) is 22.6. The molecule has 16 heavy (non-hydrogen) atoms. The van der Waals surface area contributed by atoms with Crippen LogP contribution in [0.1, 0.15) is 18.2 Å². The highest BCUT2D eigenvalue weighted by Gasteiger charge is 2.18. The monoisotopic (exact) mass is 223 g/mol. The van der Waals surface area contributed by atoms with Gasteiger partial charge in [0.2, 0.25) is 0 Å². The summed E-state index contributed by atoms with van der Waals surface area (Å²) in [7, 11) is 0. The van der Waals surface area contributed by atoms with Gasteiger partial charge in [-0.15, -0.1) is 0 Å². The Bertz CT molecular complexity index is 391. The summed E-state index contributed by atoms with van der Waals surface area (Å²) in [6, 6.07) is 3.07. The summed E-state index contributed by atoms with van der Waals surface area (Å²) >= 11 is 0. The standard InChI is InChI=1S/C9H13N5O2/c10-6-1-3-12-7(5-6)9(16)8(15)2-4-13-14-11/h1,3,5,8-9,15-16H,2,4H2,(H2,10,12). The molecule has 0 spiro atoms. The molecule has 1 heterocycles. The first-order valence-electron chi connectivity index (χ1n) is 4.73. The molecule has 0 bridgehead atoms. The fourth-order valence-corrected chi connectivity index (χ4v) is 1.22. The van der Waals surface area contributed by atoms with Crippen molar-refractivity contribution in [2.45, 2.75) is 18.6 Å². The van der Waals surface area contributed by atoms with Crippen molar-refractivity contribution in [2.24, 2.45) is 5.11 Å². The molecule has 0 aromatic carbocycles. The van der Waals surface area contributed by atoms with Crippen LogP contribution in [0.5, 0.6) is 0 Å². The molecule has 2 unspecified atom stereocenters. The number of anilines is 1. The number of pyridine rings is 1. The summed E-state index contributed by atoms with van der Waals surface area (Å²) in [5.41, 5.74) is 14.3. The zero-order valence-electron chi connectivity index (χ0n) is 8.56. The van der Waals surface area contributed by atoms with Crippen LogP contribution >= 0.6 is 0 Å². The lowest BCUT2D eigenvalue weighted by atomic mass is 10.1. The van der Waals surface area contributed by atoms with Crippen molar-refractivity contribution >= 4 is 5.69 Å². The van der Waals surface area contributed by atoms with E-state index in [2.05, 4.69) is 15.0 Å². The Hall–Kier alpha value is -1.82. The van der Waals surface area contributed by atoms with E-state index in [1.807, 2.05) is 0 Å². The van der Waals surface area contributed by atoms with Crippen LogP contribution in [0.25, 0.3) is 10.4 Å². The SMILES string of the molecule is [N-]=[N+]=NCCC(O)C(O)c1cc(N)ccn1. The number of aromatic nitrogens is 1. The molecular weight excluding hydrogens is 210 g/mol. The van der Waals surface area contributed by atoms with Gasteiger partial charge >= 0.3 is 0 Å². The van der Waals surface area contributed by atoms with Crippen LogP contribution in [0, 0.1) is 0 Å². The minimum Gasteiger partial charge on any atom is -0.399 e. The average molecular weight is 223 g/mol. The molecule has 1 aromatic rings. The van der Waals surface area contributed by atoms with E-state index in [-0.39, 0.29) is 13.0 Å². The quantitative estimate of drug-likeness (QED) is 0.386. The molecule has 1 rings (SSSR count). The Balaban J connectivity index is 2.62. The first-order chi connectivity index (χ1) is 7.65. The highest BCUT2D eigenvalue weighted by atomic mass is 16.3. The van der Waals surface area contributed by atoms with Crippen molar-refractivity contribution in [2.75, 3.05) is 12.3 Å². The van der Waals surface area contributed by atoms with Crippen molar-refractivity contribution in [1.29, 1.82) is 0 Å². The van der Waals surface area contributed by atoms with Gasteiger partial charge in [-0.25, -0.2) is 0 Å². The van der Waals surface area contributed by atoms with Gasteiger partial charge in [-0.05, 0) is 24.1 Å². The zero-order chi connectivity index (χ0) is 12.0. The van der Waals surface area contributed by atoms with Gasteiger partial charge in [0.1, 0.15) is 6.10 Å². The number of nitrogen functional groups attached to an aromatic ring is 1. The lowest BCUT2D eigenvalue weighted by Gasteiger charge is -2.16. The molecule has 0 aliphatic rings. The van der Waals surface area contributed by atoms with E-state index in [1.54, 1.807) is 6.07 Å². The van der Waals surface area contributed by atoms with Crippen LogP contribution in [0.15, 0.2) is 23.4 Å². The number of hydrogen-bond donors (Lipinski definition) is 3. The molecule has 4 N–H and O–H groups in total. The van der Waals surface area contributed by atoms with Crippen LogP contribution < -0.4 is 5.73 Å². The number of rotatable bonds is 5. The molecule has 0 aliphatic carbocycles. The molecule has 0 saturated heterocycles. The van der Waals surface area contributed by atoms with E-state index in [1.165, 1.54) is 12.3 Å². The average Bonchev–Trinajstić information content (AvgIpc) is 2.28. The van der Waals surface area contributed by atoms with Gasteiger partial charge in [-0.1, -0.05) is 5.11 Å². The van der Waals surface area contributed by atoms with E-state index >= 15 is 0 Å². The molecular formula is C9H13N5O2. The maximum atomic E-state index is 9.71. The maximum Gasteiger partial charge on any atom is 0.122 e. The molecule has 1 aromatic heterocycles. The Labute approximate surface area is 92.2 Å². The van der Waals surface area contributed by atoms with Gasteiger partial charge in [-0.3, -0.25) is 4.98 Å². The predicted molar refractivity (Wildman–Crippen MR) is 58.2 cm³/mol. The van der Waals surface area contributed by atoms with Gasteiger partial charge in [0.25, 0.3) is 0 Å². The van der Waals surface area contributed by atoms with Crippen molar-refractivity contribution in [3.63, 3.8) is 0 Å². The van der Waals surface area contributed by atoms with Crippen LogP contribution in [-0.2, 0) is 0 Å². The maximum absolute atomic E-state index is 9.71. The van der Waals surface area contributed by atoms with Gasteiger partial charge in [0.15, 0.2) is 0 Å². The third-order valence-electron chi connectivity index (χ3n) is 2.06. The Morgan fingerprint density at radius 2 is 2.31 bits per heavy atom. The second-order valence-corrected chi connectivity index (χ2v) is 3.27. The molecule has 0 aliphatic heterocycles. The zero-order valence-corrected chi connectivity index (χ0v) is 8.56. The summed E-state index contributed by atoms with van der Waals surface area (Å²) in [6.45, 7) is 0.122. The number of nitrogens with zero attached hydrogens (tertiary/aromatic N) is 4. The van der Waals surface area contributed by atoms with Gasteiger partial charge in [0.05, 0.1) is 11.8 Å². The highest BCUT2D eigenvalue weighted by Crippen LogP contribution is 2.18. The number of nitrogens with two attached hydrogens (primary N) is 1. The summed E-state index contributed by atoms with van der Waals surface area (Å²) in [5.74, 6) is 0. The number of aliphatic hydroxyl groups is 2. The molecule has 0 amide bonds. The molecule has 86 valence electrons. The first-order valence-corrected chi connectivity index (χ1v) is 4.73. The van der Waals surface area contributed by atoms with E-state index in [0.717, 1.165) is 0 Å². The Morgan fingerprint density at radius 3 is 2.94 bits per heavy atom. The van der Waals surface area contributed by atoms with Crippen molar-refractivity contribution in [3.05, 3.63) is 34.5 Å². The van der Waals surface area contributed by atoms with E-state index in [0.29, 0.717) is 11.4 Å². The topological polar surface area (TPSA) is 128 Å². The Morgan fingerprint density at radius 1 is 1.56 bits per heavy atom. The van der Waals surface area contributed by atoms with Gasteiger partial charge in [-0.2, -0.15) is 0 Å². The highest BCUT2D eigenvalue weighted by molar-refractivity contribution is 5.37. The summed E-state index contributed by atoms with van der Waals surface area (Å²) in [4.78, 5) is 6.45. The Kier molecular flexibility index (Phi) is 4.53. The molecule has 0 fully saturated rings. The molecule has 0 saturated carbocycles. The molecule has 7 heteroatoms. The fraction of sp³-hybridized carbons (Fsp3) is 0.444. The van der Waals surface area contributed by atoms with Gasteiger partial charge in [0, 0.05) is 23.3 Å². The molecule has 2 atom stereocenters. The third kappa shape index (κ3) is 3.39. The second kappa shape index (κ2) is 5.92. The van der Waals surface area contributed by atoms with Crippen LogP contribution in [-0.4, -0.2) is 27.8 Å². The predicted octanol–water partition coefficient (Wildman–Crippen LogP) is 0.759. The summed E-state index contributed by atoms with van der Waals surface area (Å²) in [6.07, 6.45) is -0.535. The largest absolute Gasteiger partial charge is 0.399 e. The van der Waals surface area contributed by atoms with Gasteiger partial charge < -0.3 is 15.9 Å². The minimum absolute atomic E-state index is 0.122. The van der Waals surface area contributed by atoms with Crippen molar-refractivity contribution < 1.29 is 10.2 Å². The van der Waals surface area contributed by atoms with Crippen molar-refractivity contribution in [1.82, 2.24) is 4.98 Å². The summed E-state index contributed by atoms with van der Waals surface area (Å²) < 4.78 is 0. The first kappa shape index (κ1) is 12.3. The number of aliphatic hydroxyl groups excluding tert-OH is 2. The van der Waals surface area contributed by atoms with E-state index in [9.17, 15) is 10.2 Å². The molecule has 7 nitrogen and oxygen atoms in total. The lowest BCUT2D eigenvalue weighted by Crippen LogP contribution is -2.20. The number of hydrogen-bond acceptors (Lipinski definition) is 5. The molecule has 0 radical (unpaired) electrons. The normalized spacial score (nSPS) is 13.9. The fourth-order valence-electron chi connectivity index (χ4n) is 1.22.